The van der Waals surface area contributed by atoms with E-state index in [-0.39, 0.29) is 5.91 Å². The van der Waals surface area contributed by atoms with E-state index in [1.54, 1.807) is 12.1 Å². The number of carbonyl (C=O) groups excluding carboxylic acids is 1. The van der Waals surface area contributed by atoms with Crippen molar-refractivity contribution >= 4 is 17.3 Å². The minimum Gasteiger partial charge on any atom is -0.399 e. The van der Waals surface area contributed by atoms with Gasteiger partial charge >= 0.3 is 0 Å². The summed E-state index contributed by atoms with van der Waals surface area (Å²) < 4.78 is 0. The Bertz CT molecular complexity index is 426. The minimum absolute atomic E-state index is 0.0711. The second-order valence-electron chi connectivity index (χ2n) is 5.61. The fraction of sp³-hybridized carbons (Fsp3) is 0.562. The summed E-state index contributed by atoms with van der Waals surface area (Å²) in [6.45, 7) is 5.17. The lowest BCUT2D eigenvalue weighted by atomic mass is 9.85. The first-order chi connectivity index (χ1) is 9.67. The molecule has 4 nitrogen and oxygen atoms in total. The molecule has 0 bridgehead atoms. The molecule has 0 unspecified atom stereocenters. The number of carbonyl (C=O) groups is 1. The number of nitrogens with two attached hydrogens (primary N) is 1. The fourth-order valence-corrected chi connectivity index (χ4v) is 2.47. The fourth-order valence-electron chi connectivity index (χ4n) is 2.47. The minimum atomic E-state index is 0.0711. The smallest absolute Gasteiger partial charge is 0.225 e. The molecule has 3 N–H and O–H groups in total. The van der Waals surface area contributed by atoms with Gasteiger partial charge in [0.05, 0.1) is 0 Å². The Hall–Kier alpha value is -1.55. The molecule has 1 aromatic rings. The van der Waals surface area contributed by atoms with Gasteiger partial charge in [0.25, 0.3) is 0 Å². The summed E-state index contributed by atoms with van der Waals surface area (Å²) in [5.74, 6) is 0.928. The van der Waals surface area contributed by atoms with E-state index in [4.69, 9.17) is 5.73 Å². The Morgan fingerprint density at radius 1 is 1.35 bits per heavy atom. The third kappa shape index (κ3) is 4.53. The number of hydrogen-bond donors (Lipinski definition) is 2. The van der Waals surface area contributed by atoms with Gasteiger partial charge in [-0.15, -0.1) is 0 Å². The molecule has 4 heteroatoms. The Morgan fingerprint density at radius 2 is 2.05 bits per heavy atom. The number of anilines is 2. The molecular weight excluding hydrogens is 250 g/mol. The van der Waals surface area contributed by atoms with Crippen molar-refractivity contribution in [1.82, 2.24) is 4.90 Å². The monoisotopic (exact) mass is 275 g/mol. The Morgan fingerprint density at radius 3 is 2.60 bits per heavy atom. The van der Waals surface area contributed by atoms with Crippen LogP contribution in [0.3, 0.4) is 0 Å². The maximum atomic E-state index is 11.9. The Kier molecular flexibility index (Phi) is 5.41. The van der Waals surface area contributed by atoms with Gasteiger partial charge in [-0.1, -0.05) is 13.3 Å². The van der Waals surface area contributed by atoms with E-state index in [1.807, 2.05) is 12.1 Å². The molecular formula is C16H25N3O. The standard InChI is InChI=1S/C16H25N3O/c1-2-19(12-13-4-3-5-13)11-10-16(20)18-15-8-6-14(17)7-9-15/h6-9,13H,2-5,10-12,17H2,1H3,(H,18,20). The van der Waals surface area contributed by atoms with E-state index < -0.39 is 0 Å². The molecule has 1 amide bonds. The van der Waals surface area contributed by atoms with Crippen LogP contribution in [0.15, 0.2) is 24.3 Å². The van der Waals surface area contributed by atoms with Crippen LogP contribution in [0.25, 0.3) is 0 Å². The maximum Gasteiger partial charge on any atom is 0.225 e. The van der Waals surface area contributed by atoms with Crippen molar-refractivity contribution in [2.24, 2.45) is 5.92 Å². The molecule has 20 heavy (non-hydrogen) atoms. The highest BCUT2D eigenvalue weighted by Crippen LogP contribution is 2.27. The summed E-state index contributed by atoms with van der Waals surface area (Å²) in [4.78, 5) is 14.3. The van der Waals surface area contributed by atoms with Crippen molar-refractivity contribution in [3.8, 4) is 0 Å². The van der Waals surface area contributed by atoms with Crippen molar-refractivity contribution in [3.63, 3.8) is 0 Å². The van der Waals surface area contributed by atoms with Crippen LogP contribution in [0.5, 0.6) is 0 Å². The van der Waals surface area contributed by atoms with Gasteiger partial charge in [-0.25, -0.2) is 0 Å². The molecule has 0 radical (unpaired) electrons. The summed E-state index contributed by atoms with van der Waals surface area (Å²) in [5, 5.41) is 2.91. The number of nitrogens with one attached hydrogen (secondary N) is 1. The molecule has 0 atom stereocenters. The van der Waals surface area contributed by atoms with Gasteiger partial charge < -0.3 is 16.0 Å². The van der Waals surface area contributed by atoms with E-state index in [0.717, 1.165) is 31.2 Å². The number of nitrogen functional groups attached to an aromatic ring is 1. The number of benzene rings is 1. The normalized spacial score (nSPS) is 15.1. The van der Waals surface area contributed by atoms with Crippen molar-refractivity contribution < 1.29 is 4.79 Å². The first-order valence-corrected chi connectivity index (χ1v) is 7.55. The number of hydrogen-bond acceptors (Lipinski definition) is 3. The molecule has 110 valence electrons. The van der Waals surface area contributed by atoms with Crippen molar-refractivity contribution in [3.05, 3.63) is 24.3 Å². The van der Waals surface area contributed by atoms with Gasteiger partial charge in [0.2, 0.25) is 5.91 Å². The molecule has 0 heterocycles. The summed E-state index contributed by atoms with van der Waals surface area (Å²) in [5.41, 5.74) is 7.14. The first kappa shape index (κ1) is 14.9. The zero-order valence-corrected chi connectivity index (χ0v) is 12.3. The summed E-state index contributed by atoms with van der Waals surface area (Å²) >= 11 is 0. The van der Waals surface area contributed by atoms with Crippen LogP contribution in [-0.4, -0.2) is 30.4 Å². The first-order valence-electron chi connectivity index (χ1n) is 7.55. The third-order valence-electron chi connectivity index (χ3n) is 4.04. The molecule has 1 aliphatic carbocycles. The molecule has 2 rings (SSSR count). The molecule has 0 aliphatic heterocycles. The zero-order chi connectivity index (χ0) is 14.4. The van der Waals surface area contributed by atoms with Gasteiger partial charge in [-0.3, -0.25) is 4.79 Å². The van der Waals surface area contributed by atoms with Crippen LogP contribution in [0.1, 0.15) is 32.6 Å². The predicted octanol–water partition coefficient (Wildman–Crippen LogP) is 2.72. The van der Waals surface area contributed by atoms with Crippen LogP contribution >= 0.6 is 0 Å². The van der Waals surface area contributed by atoms with E-state index in [2.05, 4.69) is 17.1 Å². The number of rotatable bonds is 7. The molecule has 0 aromatic heterocycles. The SMILES string of the molecule is CCN(CCC(=O)Nc1ccc(N)cc1)CC1CCC1. The number of amides is 1. The van der Waals surface area contributed by atoms with E-state index in [1.165, 1.54) is 19.3 Å². The topological polar surface area (TPSA) is 58.4 Å². The van der Waals surface area contributed by atoms with Gasteiger partial charge in [-0.2, -0.15) is 0 Å². The molecule has 1 saturated carbocycles. The van der Waals surface area contributed by atoms with Crippen LogP contribution in [-0.2, 0) is 4.79 Å². The second-order valence-corrected chi connectivity index (χ2v) is 5.61. The lowest BCUT2D eigenvalue weighted by Crippen LogP contribution is -2.34. The van der Waals surface area contributed by atoms with Crippen LogP contribution in [0, 0.1) is 5.92 Å². The summed E-state index contributed by atoms with van der Waals surface area (Å²) in [7, 11) is 0. The van der Waals surface area contributed by atoms with Crippen LogP contribution in [0.2, 0.25) is 0 Å². The zero-order valence-electron chi connectivity index (χ0n) is 12.3. The highest BCUT2D eigenvalue weighted by molar-refractivity contribution is 5.90. The van der Waals surface area contributed by atoms with Gasteiger partial charge in [0.1, 0.15) is 0 Å². The van der Waals surface area contributed by atoms with Gasteiger partial charge in [0, 0.05) is 30.9 Å². The molecule has 1 aliphatic rings. The second kappa shape index (κ2) is 7.29. The molecule has 0 saturated heterocycles. The maximum absolute atomic E-state index is 11.9. The number of nitrogens with zero attached hydrogens (tertiary/aromatic N) is 1. The van der Waals surface area contributed by atoms with Crippen LogP contribution in [0.4, 0.5) is 11.4 Å². The quantitative estimate of drug-likeness (QED) is 0.752. The molecule has 1 fully saturated rings. The lowest BCUT2D eigenvalue weighted by molar-refractivity contribution is -0.116. The predicted molar refractivity (Wildman–Crippen MR) is 83.6 cm³/mol. The van der Waals surface area contributed by atoms with Gasteiger partial charge in [0.15, 0.2) is 0 Å². The van der Waals surface area contributed by atoms with E-state index >= 15 is 0 Å². The van der Waals surface area contributed by atoms with Crippen molar-refractivity contribution in [2.75, 3.05) is 30.7 Å². The average molecular weight is 275 g/mol. The van der Waals surface area contributed by atoms with Crippen molar-refractivity contribution in [2.45, 2.75) is 32.6 Å². The third-order valence-corrected chi connectivity index (χ3v) is 4.04. The molecule has 0 spiro atoms. The Balaban J connectivity index is 1.71. The summed E-state index contributed by atoms with van der Waals surface area (Å²) in [6, 6.07) is 7.26. The highest BCUT2D eigenvalue weighted by atomic mass is 16.1. The van der Waals surface area contributed by atoms with Crippen molar-refractivity contribution in [1.29, 1.82) is 0 Å². The van der Waals surface area contributed by atoms with Crippen LogP contribution < -0.4 is 11.1 Å². The lowest BCUT2D eigenvalue weighted by Gasteiger charge is -2.31. The van der Waals surface area contributed by atoms with E-state index in [9.17, 15) is 4.79 Å². The van der Waals surface area contributed by atoms with Gasteiger partial charge in [-0.05, 0) is 49.6 Å². The largest absolute Gasteiger partial charge is 0.399 e. The van der Waals surface area contributed by atoms with E-state index in [0.29, 0.717) is 12.1 Å². The average Bonchev–Trinajstić information content (AvgIpc) is 2.39. The Labute approximate surface area is 121 Å². The molecule has 1 aromatic carbocycles. The summed E-state index contributed by atoms with van der Waals surface area (Å²) in [6.07, 6.45) is 4.63. The highest BCUT2D eigenvalue weighted by Gasteiger charge is 2.20.